The number of carbonyl (C=O) groups is 2. The molecule has 0 fully saturated rings. The number of ether oxygens (including phenoxy) is 1. The van der Waals surface area contributed by atoms with Gasteiger partial charge in [0.1, 0.15) is 4.92 Å². The Bertz CT molecular complexity index is 804. The van der Waals surface area contributed by atoms with E-state index < -0.39 is 28.8 Å². The Labute approximate surface area is 145 Å². The number of benzene rings is 1. The van der Waals surface area contributed by atoms with Crippen molar-refractivity contribution in [3.8, 4) is 0 Å². The summed E-state index contributed by atoms with van der Waals surface area (Å²) in [4.78, 5) is 33.5. The first-order valence-corrected chi connectivity index (χ1v) is 7.24. The fourth-order valence-electron chi connectivity index (χ4n) is 1.63. The Morgan fingerprint density at radius 3 is 2.58 bits per heavy atom. The van der Waals surface area contributed by atoms with Crippen molar-refractivity contribution in [2.75, 3.05) is 5.32 Å². The van der Waals surface area contributed by atoms with Gasteiger partial charge in [0.25, 0.3) is 5.91 Å². The summed E-state index contributed by atoms with van der Waals surface area (Å²) in [5.41, 5.74) is 0.294. The molecule has 1 N–H and O–H groups in total. The maximum Gasteiger partial charge on any atom is 0.433 e. The molecule has 0 saturated carbocycles. The lowest BCUT2D eigenvalue weighted by atomic mass is 10.3. The highest BCUT2D eigenvalue weighted by Crippen LogP contribution is 2.25. The van der Waals surface area contributed by atoms with Gasteiger partial charge in [0, 0.05) is 5.02 Å². The Balaban J connectivity index is 2.00. The van der Waals surface area contributed by atoms with E-state index in [1.165, 1.54) is 25.1 Å². The number of furan rings is 1. The van der Waals surface area contributed by atoms with Crippen molar-refractivity contribution >= 4 is 46.6 Å². The Hall–Kier alpha value is -2.58. The number of hydrogen-bond acceptors (Lipinski definition) is 6. The first-order chi connectivity index (χ1) is 11.3. The molecule has 1 heterocycles. The summed E-state index contributed by atoms with van der Waals surface area (Å²) in [6.07, 6.45) is -1.19. The number of nitro groups is 1. The third kappa shape index (κ3) is 4.24. The molecule has 10 heteroatoms. The summed E-state index contributed by atoms with van der Waals surface area (Å²) in [6.45, 7) is 1.33. The third-order valence-electron chi connectivity index (χ3n) is 2.81. The van der Waals surface area contributed by atoms with Gasteiger partial charge in [-0.15, -0.1) is 0 Å². The fraction of sp³-hybridized carbons (Fsp3) is 0.143. The van der Waals surface area contributed by atoms with Crippen molar-refractivity contribution in [3.05, 3.63) is 56.3 Å². The van der Waals surface area contributed by atoms with E-state index in [9.17, 15) is 19.7 Å². The van der Waals surface area contributed by atoms with E-state index in [0.29, 0.717) is 10.7 Å². The summed E-state index contributed by atoms with van der Waals surface area (Å²) in [7, 11) is 0. The average Bonchev–Trinajstić information content (AvgIpc) is 3.00. The van der Waals surface area contributed by atoms with Gasteiger partial charge in [-0.05, 0) is 31.2 Å². The number of amides is 1. The smallest absolute Gasteiger partial charge is 0.433 e. The van der Waals surface area contributed by atoms with Gasteiger partial charge in [0.2, 0.25) is 5.76 Å². The molecule has 1 amide bonds. The van der Waals surface area contributed by atoms with Crippen LogP contribution >= 0.6 is 23.2 Å². The molecule has 24 heavy (non-hydrogen) atoms. The lowest BCUT2D eigenvalue weighted by Crippen LogP contribution is -2.30. The molecule has 0 spiro atoms. The third-order valence-corrected chi connectivity index (χ3v) is 3.36. The minimum absolute atomic E-state index is 0.219. The van der Waals surface area contributed by atoms with Crippen LogP contribution in [0.25, 0.3) is 0 Å². The van der Waals surface area contributed by atoms with Gasteiger partial charge in [0.05, 0.1) is 16.8 Å². The van der Waals surface area contributed by atoms with Gasteiger partial charge >= 0.3 is 11.9 Å². The molecule has 1 aromatic carbocycles. The number of halogens is 2. The standard InChI is InChI=1S/C14H10Cl2N2O6/c1-7(13(19)17-10-3-2-8(15)6-9(10)16)23-14(20)11-4-5-12(24-11)18(21)22/h2-7H,1H3,(H,17,19)/t7-/m1/s1. The van der Waals surface area contributed by atoms with E-state index in [-0.39, 0.29) is 10.8 Å². The van der Waals surface area contributed by atoms with Crippen molar-refractivity contribution < 1.29 is 23.7 Å². The lowest BCUT2D eigenvalue weighted by Gasteiger charge is -2.13. The molecular weight excluding hydrogens is 363 g/mol. The second-order valence-corrected chi connectivity index (χ2v) is 5.40. The second-order valence-electron chi connectivity index (χ2n) is 4.56. The summed E-state index contributed by atoms with van der Waals surface area (Å²) in [5.74, 6) is -2.64. The lowest BCUT2D eigenvalue weighted by molar-refractivity contribution is -0.402. The van der Waals surface area contributed by atoms with E-state index in [2.05, 4.69) is 5.32 Å². The Morgan fingerprint density at radius 2 is 2.00 bits per heavy atom. The summed E-state index contributed by atoms with van der Waals surface area (Å²) >= 11 is 11.7. The van der Waals surface area contributed by atoms with Crippen molar-refractivity contribution in [2.45, 2.75) is 13.0 Å². The van der Waals surface area contributed by atoms with Gasteiger partial charge in [0.15, 0.2) is 6.10 Å². The zero-order valence-electron chi connectivity index (χ0n) is 12.1. The van der Waals surface area contributed by atoms with Crippen LogP contribution in [-0.2, 0) is 9.53 Å². The summed E-state index contributed by atoms with van der Waals surface area (Å²) in [5, 5.41) is 13.6. The van der Waals surface area contributed by atoms with Crippen molar-refractivity contribution in [3.63, 3.8) is 0 Å². The first-order valence-electron chi connectivity index (χ1n) is 6.49. The highest BCUT2D eigenvalue weighted by atomic mass is 35.5. The van der Waals surface area contributed by atoms with Crippen LogP contribution < -0.4 is 5.32 Å². The molecule has 8 nitrogen and oxygen atoms in total. The van der Waals surface area contributed by atoms with Crippen LogP contribution in [-0.4, -0.2) is 22.9 Å². The van der Waals surface area contributed by atoms with Crippen LogP contribution in [0.5, 0.6) is 0 Å². The van der Waals surface area contributed by atoms with Crippen LogP contribution in [0.15, 0.2) is 34.7 Å². The number of carbonyl (C=O) groups excluding carboxylic acids is 2. The number of rotatable bonds is 5. The molecule has 0 aliphatic carbocycles. The molecule has 126 valence electrons. The van der Waals surface area contributed by atoms with E-state index in [4.69, 9.17) is 32.4 Å². The maximum absolute atomic E-state index is 12.0. The monoisotopic (exact) mass is 372 g/mol. The number of esters is 1. The van der Waals surface area contributed by atoms with Gasteiger partial charge in [-0.3, -0.25) is 14.9 Å². The van der Waals surface area contributed by atoms with Crippen LogP contribution in [0.3, 0.4) is 0 Å². The Kier molecular flexibility index (Phi) is 5.42. The molecule has 0 radical (unpaired) electrons. The second kappa shape index (κ2) is 7.33. The predicted octanol–water partition coefficient (Wildman–Crippen LogP) is 3.68. The van der Waals surface area contributed by atoms with Crippen molar-refractivity contribution in [1.82, 2.24) is 0 Å². The van der Waals surface area contributed by atoms with Crippen LogP contribution in [0.4, 0.5) is 11.6 Å². The van der Waals surface area contributed by atoms with E-state index in [1.807, 2.05) is 0 Å². The number of nitrogens with one attached hydrogen (secondary N) is 1. The summed E-state index contributed by atoms with van der Waals surface area (Å²) in [6, 6.07) is 6.56. The van der Waals surface area contributed by atoms with Crippen molar-refractivity contribution in [1.29, 1.82) is 0 Å². The zero-order valence-corrected chi connectivity index (χ0v) is 13.6. The number of hydrogen-bond donors (Lipinski definition) is 1. The number of nitrogens with zero attached hydrogens (tertiary/aromatic N) is 1. The average molecular weight is 373 g/mol. The van der Waals surface area contributed by atoms with E-state index >= 15 is 0 Å². The predicted molar refractivity (Wildman–Crippen MR) is 85.3 cm³/mol. The molecule has 2 rings (SSSR count). The quantitative estimate of drug-likeness (QED) is 0.486. The van der Waals surface area contributed by atoms with Crippen LogP contribution in [0.2, 0.25) is 10.0 Å². The molecule has 1 aromatic heterocycles. The van der Waals surface area contributed by atoms with Crippen LogP contribution in [0, 0.1) is 10.1 Å². The summed E-state index contributed by atoms with van der Waals surface area (Å²) < 4.78 is 9.59. The zero-order chi connectivity index (χ0) is 17.9. The first kappa shape index (κ1) is 17.8. The normalized spacial score (nSPS) is 11.6. The highest BCUT2D eigenvalue weighted by Gasteiger charge is 2.23. The van der Waals surface area contributed by atoms with Gasteiger partial charge in [-0.25, -0.2) is 4.79 Å². The minimum atomic E-state index is -1.19. The Morgan fingerprint density at radius 1 is 1.29 bits per heavy atom. The molecule has 0 bridgehead atoms. The highest BCUT2D eigenvalue weighted by molar-refractivity contribution is 6.36. The number of anilines is 1. The molecule has 1 atom stereocenters. The topological polar surface area (TPSA) is 112 Å². The van der Waals surface area contributed by atoms with Gasteiger partial charge in [-0.2, -0.15) is 0 Å². The molecule has 0 saturated heterocycles. The molecule has 2 aromatic rings. The van der Waals surface area contributed by atoms with Crippen molar-refractivity contribution in [2.24, 2.45) is 0 Å². The molecule has 0 aliphatic rings. The fourth-order valence-corrected chi connectivity index (χ4v) is 2.09. The molecule has 0 aliphatic heterocycles. The minimum Gasteiger partial charge on any atom is -0.447 e. The van der Waals surface area contributed by atoms with E-state index in [0.717, 1.165) is 12.1 Å². The SMILES string of the molecule is C[C@@H](OC(=O)c1ccc([N+](=O)[O-])o1)C(=O)Nc1ccc(Cl)cc1Cl. The van der Waals surface area contributed by atoms with E-state index in [1.54, 1.807) is 0 Å². The largest absolute Gasteiger partial charge is 0.447 e. The van der Waals surface area contributed by atoms with Crippen LogP contribution in [0.1, 0.15) is 17.5 Å². The maximum atomic E-state index is 12.0. The molecule has 0 unspecified atom stereocenters. The van der Waals surface area contributed by atoms with Gasteiger partial charge in [-0.1, -0.05) is 23.2 Å². The molecular formula is C14H10Cl2N2O6. The van der Waals surface area contributed by atoms with Gasteiger partial charge < -0.3 is 14.5 Å².